The van der Waals surface area contributed by atoms with Crippen LogP contribution in [0.1, 0.15) is 18.4 Å². The summed E-state index contributed by atoms with van der Waals surface area (Å²) in [6.07, 6.45) is 2.47. The van der Waals surface area contributed by atoms with Crippen LogP contribution in [0.3, 0.4) is 0 Å². The monoisotopic (exact) mass is 282 g/mol. The van der Waals surface area contributed by atoms with E-state index in [1.54, 1.807) is 0 Å². The maximum atomic E-state index is 9.14. The van der Waals surface area contributed by atoms with Gasteiger partial charge in [-0.15, -0.1) is 0 Å². The number of benzene rings is 1. The van der Waals surface area contributed by atoms with E-state index in [0.29, 0.717) is 5.02 Å². The minimum Gasteiger partial charge on any atom is -0.392 e. The van der Waals surface area contributed by atoms with Crippen molar-refractivity contribution in [3.8, 4) is 0 Å². The van der Waals surface area contributed by atoms with E-state index in [2.05, 4.69) is 30.0 Å². The number of aliphatic hydroxyl groups excluding tert-OH is 1. The van der Waals surface area contributed by atoms with Crippen molar-refractivity contribution in [2.75, 3.05) is 38.6 Å². The van der Waals surface area contributed by atoms with E-state index in [1.807, 2.05) is 12.1 Å². The number of piperidine rings is 1. The molecule has 3 nitrogen and oxygen atoms in total. The van der Waals surface area contributed by atoms with E-state index in [4.69, 9.17) is 16.7 Å². The van der Waals surface area contributed by atoms with Crippen molar-refractivity contribution in [2.45, 2.75) is 19.4 Å². The second-order valence-electron chi connectivity index (χ2n) is 5.63. The minimum atomic E-state index is 0.00399. The maximum absolute atomic E-state index is 9.14. The second-order valence-corrected chi connectivity index (χ2v) is 6.03. The van der Waals surface area contributed by atoms with E-state index in [9.17, 15) is 0 Å². The average molecular weight is 283 g/mol. The second kappa shape index (κ2) is 6.60. The zero-order valence-electron chi connectivity index (χ0n) is 11.8. The normalized spacial score (nSPS) is 17.2. The third-order valence-electron chi connectivity index (χ3n) is 3.81. The zero-order chi connectivity index (χ0) is 13.8. The molecule has 106 valence electrons. The fourth-order valence-corrected chi connectivity index (χ4v) is 2.99. The highest BCUT2D eigenvalue weighted by molar-refractivity contribution is 6.31. The molecule has 1 aromatic carbocycles. The van der Waals surface area contributed by atoms with E-state index in [0.717, 1.165) is 24.6 Å². The van der Waals surface area contributed by atoms with Crippen LogP contribution in [0, 0.1) is 5.92 Å². The number of nitrogens with zero attached hydrogens (tertiary/aromatic N) is 2. The van der Waals surface area contributed by atoms with Gasteiger partial charge in [-0.1, -0.05) is 17.7 Å². The van der Waals surface area contributed by atoms with Crippen LogP contribution in [0.25, 0.3) is 0 Å². The smallest absolute Gasteiger partial charge is 0.0696 e. The molecule has 0 bridgehead atoms. The quantitative estimate of drug-likeness (QED) is 0.920. The average Bonchev–Trinajstić information content (AvgIpc) is 2.39. The Labute approximate surface area is 120 Å². The predicted molar refractivity (Wildman–Crippen MR) is 80.9 cm³/mol. The standard InChI is InChI=1S/C15H23ClN2O/c1-17(2)10-12-5-7-18(8-6-12)14-4-3-13(11-19)15(16)9-14/h3-4,9,12,19H,5-8,10-11H2,1-2H3. The van der Waals surface area contributed by atoms with Crippen molar-refractivity contribution in [1.29, 1.82) is 0 Å². The molecule has 4 heteroatoms. The van der Waals surface area contributed by atoms with E-state index in [1.165, 1.54) is 25.1 Å². The van der Waals surface area contributed by atoms with Crippen LogP contribution in [0.5, 0.6) is 0 Å². The molecule has 2 rings (SSSR count). The summed E-state index contributed by atoms with van der Waals surface area (Å²) in [5, 5.41) is 9.80. The van der Waals surface area contributed by atoms with Crippen molar-refractivity contribution < 1.29 is 5.11 Å². The SMILES string of the molecule is CN(C)CC1CCN(c2ccc(CO)c(Cl)c2)CC1. The molecule has 1 heterocycles. The Morgan fingerprint density at radius 1 is 1.32 bits per heavy atom. The molecule has 0 aromatic heterocycles. The highest BCUT2D eigenvalue weighted by atomic mass is 35.5. The van der Waals surface area contributed by atoms with E-state index in [-0.39, 0.29) is 6.61 Å². The first kappa shape index (κ1) is 14.6. The Morgan fingerprint density at radius 2 is 2.00 bits per heavy atom. The van der Waals surface area contributed by atoms with Crippen molar-refractivity contribution in [2.24, 2.45) is 5.92 Å². The van der Waals surface area contributed by atoms with Crippen LogP contribution >= 0.6 is 11.6 Å². The highest BCUT2D eigenvalue weighted by Crippen LogP contribution is 2.27. The number of rotatable bonds is 4. The van der Waals surface area contributed by atoms with Gasteiger partial charge in [-0.05, 0) is 50.6 Å². The molecule has 0 radical (unpaired) electrons. The summed E-state index contributed by atoms with van der Waals surface area (Å²) in [6, 6.07) is 5.95. The summed E-state index contributed by atoms with van der Waals surface area (Å²) in [5.41, 5.74) is 1.97. The molecule has 1 aromatic rings. The van der Waals surface area contributed by atoms with E-state index < -0.39 is 0 Å². The molecule has 0 aliphatic carbocycles. The van der Waals surface area contributed by atoms with Gasteiger partial charge < -0.3 is 14.9 Å². The van der Waals surface area contributed by atoms with Gasteiger partial charge in [0, 0.05) is 30.3 Å². The molecular formula is C15H23ClN2O. The largest absolute Gasteiger partial charge is 0.392 e. The number of hydrogen-bond acceptors (Lipinski definition) is 3. The summed E-state index contributed by atoms with van der Waals surface area (Å²) >= 11 is 6.15. The third-order valence-corrected chi connectivity index (χ3v) is 4.16. The molecule has 19 heavy (non-hydrogen) atoms. The third kappa shape index (κ3) is 3.85. The van der Waals surface area contributed by atoms with Crippen molar-refractivity contribution in [3.05, 3.63) is 28.8 Å². The lowest BCUT2D eigenvalue weighted by atomic mass is 9.96. The summed E-state index contributed by atoms with van der Waals surface area (Å²) in [5.74, 6) is 0.804. The first-order chi connectivity index (χ1) is 9.10. The van der Waals surface area contributed by atoms with Gasteiger partial charge >= 0.3 is 0 Å². The van der Waals surface area contributed by atoms with Crippen LogP contribution in [0.15, 0.2) is 18.2 Å². The lowest BCUT2D eigenvalue weighted by Crippen LogP contribution is -2.37. The Balaban J connectivity index is 1.96. The first-order valence-electron chi connectivity index (χ1n) is 6.89. The van der Waals surface area contributed by atoms with Gasteiger partial charge in [-0.25, -0.2) is 0 Å². The number of anilines is 1. The van der Waals surface area contributed by atoms with Gasteiger partial charge in [0.25, 0.3) is 0 Å². The predicted octanol–water partition coefficient (Wildman–Crippen LogP) is 2.61. The van der Waals surface area contributed by atoms with Gasteiger partial charge in [-0.3, -0.25) is 0 Å². The Morgan fingerprint density at radius 3 is 2.53 bits per heavy atom. The van der Waals surface area contributed by atoms with Gasteiger partial charge in [0.05, 0.1) is 6.61 Å². The number of halogens is 1. The van der Waals surface area contributed by atoms with Gasteiger partial charge in [0.15, 0.2) is 0 Å². The van der Waals surface area contributed by atoms with Gasteiger partial charge in [-0.2, -0.15) is 0 Å². The lowest BCUT2D eigenvalue weighted by molar-refractivity contribution is 0.281. The summed E-state index contributed by atoms with van der Waals surface area (Å²) in [7, 11) is 4.28. The van der Waals surface area contributed by atoms with Crippen molar-refractivity contribution >= 4 is 17.3 Å². The Bertz CT molecular complexity index is 415. The highest BCUT2D eigenvalue weighted by Gasteiger charge is 2.20. The van der Waals surface area contributed by atoms with Crippen molar-refractivity contribution in [1.82, 2.24) is 4.90 Å². The molecule has 1 aliphatic heterocycles. The van der Waals surface area contributed by atoms with Gasteiger partial charge in [0.2, 0.25) is 0 Å². The fraction of sp³-hybridized carbons (Fsp3) is 0.600. The number of hydrogen-bond donors (Lipinski definition) is 1. The lowest BCUT2D eigenvalue weighted by Gasteiger charge is -2.34. The first-order valence-corrected chi connectivity index (χ1v) is 7.27. The fourth-order valence-electron chi connectivity index (χ4n) is 2.75. The number of aliphatic hydroxyl groups is 1. The minimum absolute atomic E-state index is 0.00399. The van der Waals surface area contributed by atoms with Gasteiger partial charge in [0.1, 0.15) is 0 Å². The zero-order valence-corrected chi connectivity index (χ0v) is 12.5. The molecule has 0 unspecified atom stereocenters. The molecule has 0 saturated carbocycles. The topological polar surface area (TPSA) is 26.7 Å². The molecule has 0 spiro atoms. The van der Waals surface area contributed by atoms with Crippen LogP contribution in [-0.2, 0) is 6.61 Å². The molecule has 1 N–H and O–H groups in total. The molecule has 1 fully saturated rings. The molecule has 0 atom stereocenters. The molecule has 1 aliphatic rings. The maximum Gasteiger partial charge on any atom is 0.0696 e. The van der Waals surface area contributed by atoms with Crippen LogP contribution in [0.4, 0.5) is 5.69 Å². The summed E-state index contributed by atoms with van der Waals surface area (Å²) < 4.78 is 0. The molecule has 1 saturated heterocycles. The summed E-state index contributed by atoms with van der Waals surface area (Å²) in [6.45, 7) is 3.36. The van der Waals surface area contributed by atoms with Crippen LogP contribution in [-0.4, -0.2) is 43.7 Å². The van der Waals surface area contributed by atoms with E-state index >= 15 is 0 Å². The molecular weight excluding hydrogens is 260 g/mol. The Kier molecular flexibility index (Phi) is 5.08. The summed E-state index contributed by atoms with van der Waals surface area (Å²) in [4.78, 5) is 4.66. The Hall–Kier alpha value is -0.770. The molecule has 0 amide bonds. The van der Waals surface area contributed by atoms with Crippen LogP contribution < -0.4 is 4.90 Å². The van der Waals surface area contributed by atoms with Crippen molar-refractivity contribution in [3.63, 3.8) is 0 Å². The van der Waals surface area contributed by atoms with Crippen LogP contribution in [0.2, 0.25) is 5.02 Å².